The van der Waals surface area contributed by atoms with Crippen molar-refractivity contribution in [3.05, 3.63) is 23.5 Å². The summed E-state index contributed by atoms with van der Waals surface area (Å²) in [6, 6.07) is 1.93. The van der Waals surface area contributed by atoms with Gasteiger partial charge in [0.05, 0.1) is 6.54 Å². The summed E-state index contributed by atoms with van der Waals surface area (Å²) in [4.78, 5) is 26.0. The van der Waals surface area contributed by atoms with Crippen molar-refractivity contribution in [2.24, 2.45) is 5.92 Å². The molecule has 3 rings (SSSR count). The predicted molar refractivity (Wildman–Crippen MR) is 76.4 cm³/mol. The van der Waals surface area contributed by atoms with Gasteiger partial charge in [-0.1, -0.05) is 19.3 Å². The minimum absolute atomic E-state index is 0.0945. The molecule has 0 unspecified atom stereocenters. The Morgan fingerprint density at radius 2 is 1.90 bits per heavy atom. The van der Waals surface area contributed by atoms with Gasteiger partial charge in [-0.2, -0.15) is 0 Å². The third-order valence-corrected chi connectivity index (χ3v) is 4.62. The lowest BCUT2D eigenvalue weighted by Gasteiger charge is -2.32. The Morgan fingerprint density at radius 1 is 1.15 bits per heavy atom. The van der Waals surface area contributed by atoms with Crippen molar-refractivity contribution in [2.45, 2.75) is 52.1 Å². The molecule has 0 atom stereocenters. The molecule has 1 aromatic heterocycles. The zero-order valence-corrected chi connectivity index (χ0v) is 12.1. The molecule has 0 N–H and O–H groups in total. The van der Waals surface area contributed by atoms with Crippen LogP contribution < -0.4 is 0 Å². The zero-order valence-electron chi connectivity index (χ0n) is 12.1. The highest BCUT2D eigenvalue weighted by Crippen LogP contribution is 2.27. The number of carbonyl (C=O) groups excluding carboxylic acids is 2. The summed E-state index contributed by atoms with van der Waals surface area (Å²) in [6.07, 6.45) is 7.67. The Kier molecular flexibility index (Phi) is 3.64. The number of aromatic nitrogens is 1. The molecular formula is C16H22N2O2. The van der Waals surface area contributed by atoms with Gasteiger partial charge in [-0.3, -0.25) is 9.59 Å². The number of hydrogen-bond donors (Lipinski definition) is 0. The van der Waals surface area contributed by atoms with Gasteiger partial charge in [0.15, 0.2) is 5.78 Å². The van der Waals surface area contributed by atoms with Crippen LogP contribution in [0.3, 0.4) is 0 Å². The van der Waals surface area contributed by atoms with Crippen molar-refractivity contribution in [3.63, 3.8) is 0 Å². The number of nitrogens with zero attached hydrogens (tertiary/aromatic N) is 2. The maximum atomic E-state index is 12.6. The summed E-state index contributed by atoms with van der Waals surface area (Å²) >= 11 is 0. The molecule has 1 saturated carbocycles. The third-order valence-electron chi connectivity index (χ3n) is 4.62. The van der Waals surface area contributed by atoms with Crippen LogP contribution >= 0.6 is 0 Å². The van der Waals surface area contributed by atoms with Gasteiger partial charge in [0.25, 0.3) is 0 Å². The molecule has 0 spiro atoms. The highest BCUT2D eigenvalue weighted by atomic mass is 16.2. The molecule has 0 bridgehead atoms. The van der Waals surface area contributed by atoms with Crippen LogP contribution in [0.4, 0.5) is 0 Å². The maximum absolute atomic E-state index is 12.6. The van der Waals surface area contributed by atoms with E-state index in [1.807, 2.05) is 17.2 Å². The average Bonchev–Trinajstić information content (AvgIpc) is 2.90. The highest BCUT2D eigenvalue weighted by molar-refractivity contribution is 5.94. The van der Waals surface area contributed by atoms with E-state index in [0.29, 0.717) is 12.5 Å². The smallest absolute Gasteiger partial charge is 0.226 e. The van der Waals surface area contributed by atoms with Crippen molar-refractivity contribution in [1.82, 2.24) is 9.47 Å². The van der Waals surface area contributed by atoms with Crippen LogP contribution in [0.5, 0.6) is 0 Å². The highest BCUT2D eigenvalue weighted by Gasteiger charge is 2.28. The topological polar surface area (TPSA) is 42.3 Å². The number of hydrogen-bond acceptors (Lipinski definition) is 2. The summed E-state index contributed by atoms with van der Waals surface area (Å²) in [5.74, 6) is 0.649. The molecule has 2 aliphatic rings. The molecule has 0 aromatic carbocycles. The Balaban J connectivity index is 1.71. The Bertz CT molecular complexity index is 527. The fourth-order valence-electron chi connectivity index (χ4n) is 3.39. The quantitative estimate of drug-likeness (QED) is 0.778. The molecule has 108 valence electrons. The monoisotopic (exact) mass is 274 g/mol. The molecular weight excluding hydrogens is 252 g/mol. The number of fused-ring (bicyclic) bond motifs is 1. The van der Waals surface area contributed by atoms with E-state index in [-0.39, 0.29) is 11.7 Å². The molecule has 1 fully saturated rings. The number of Topliss-reactive ketones (excluding diaryl/α,β-unsaturated/α-hetero) is 1. The molecule has 0 radical (unpaired) electrons. The maximum Gasteiger partial charge on any atom is 0.226 e. The number of amides is 1. The summed E-state index contributed by atoms with van der Waals surface area (Å²) in [5, 5.41) is 0. The van der Waals surface area contributed by atoms with Gasteiger partial charge in [0, 0.05) is 36.5 Å². The molecule has 1 aliphatic heterocycles. The molecule has 20 heavy (non-hydrogen) atoms. The van der Waals surface area contributed by atoms with E-state index >= 15 is 0 Å². The van der Waals surface area contributed by atoms with E-state index in [1.54, 1.807) is 6.92 Å². The van der Waals surface area contributed by atoms with E-state index in [0.717, 1.165) is 37.2 Å². The van der Waals surface area contributed by atoms with Crippen molar-refractivity contribution in [2.75, 3.05) is 6.54 Å². The molecule has 1 aromatic rings. The van der Waals surface area contributed by atoms with Crippen LogP contribution in [0.2, 0.25) is 0 Å². The second-order valence-electron chi connectivity index (χ2n) is 6.06. The summed E-state index contributed by atoms with van der Waals surface area (Å²) in [6.45, 7) is 3.82. The van der Waals surface area contributed by atoms with Crippen LogP contribution in [-0.2, 0) is 17.9 Å². The molecule has 0 saturated heterocycles. The van der Waals surface area contributed by atoms with Gasteiger partial charge in [-0.05, 0) is 25.8 Å². The fraction of sp³-hybridized carbons (Fsp3) is 0.625. The third kappa shape index (κ3) is 2.51. The minimum Gasteiger partial charge on any atom is -0.347 e. The first-order valence-electron chi connectivity index (χ1n) is 7.64. The first kappa shape index (κ1) is 13.4. The second kappa shape index (κ2) is 5.43. The molecule has 4 nitrogen and oxygen atoms in total. The lowest BCUT2D eigenvalue weighted by Crippen LogP contribution is -2.41. The predicted octanol–water partition coefficient (Wildman–Crippen LogP) is 2.61. The van der Waals surface area contributed by atoms with Crippen molar-refractivity contribution in [1.29, 1.82) is 0 Å². The zero-order chi connectivity index (χ0) is 14.1. The van der Waals surface area contributed by atoms with Crippen LogP contribution in [0.25, 0.3) is 0 Å². The van der Waals surface area contributed by atoms with E-state index in [2.05, 4.69) is 4.57 Å². The van der Waals surface area contributed by atoms with Crippen molar-refractivity contribution < 1.29 is 9.59 Å². The lowest BCUT2D eigenvalue weighted by molar-refractivity contribution is -0.138. The van der Waals surface area contributed by atoms with Gasteiger partial charge in [0.2, 0.25) is 5.91 Å². The van der Waals surface area contributed by atoms with Crippen molar-refractivity contribution >= 4 is 11.7 Å². The Labute approximate surface area is 119 Å². The average molecular weight is 274 g/mol. The van der Waals surface area contributed by atoms with E-state index < -0.39 is 0 Å². The molecule has 2 heterocycles. The normalized spacial score (nSPS) is 19.8. The number of ketones is 1. The van der Waals surface area contributed by atoms with E-state index in [1.165, 1.54) is 19.3 Å². The van der Waals surface area contributed by atoms with Crippen LogP contribution in [0, 0.1) is 5.92 Å². The number of carbonyl (C=O) groups is 2. The van der Waals surface area contributed by atoms with Crippen LogP contribution in [0.1, 0.15) is 55.1 Å². The minimum atomic E-state index is 0.0945. The van der Waals surface area contributed by atoms with Gasteiger partial charge in [-0.25, -0.2) is 0 Å². The molecule has 1 amide bonds. The second-order valence-corrected chi connectivity index (χ2v) is 6.06. The van der Waals surface area contributed by atoms with Crippen molar-refractivity contribution in [3.8, 4) is 0 Å². The van der Waals surface area contributed by atoms with E-state index in [9.17, 15) is 9.59 Å². The standard InChI is InChI=1S/C16H22N2O2/c1-12(19)14-9-15-11-18(8-7-17(15)10-14)16(20)13-5-3-2-4-6-13/h9-10,13H,2-8,11H2,1H3. The van der Waals surface area contributed by atoms with Gasteiger partial charge in [-0.15, -0.1) is 0 Å². The first-order valence-corrected chi connectivity index (χ1v) is 7.64. The first-order chi connectivity index (χ1) is 9.65. The van der Waals surface area contributed by atoms with Gasteiger partial charge in [0.1, 0.15) is 0 Å². The largest absolute Gasteiger partial charge is 0.347 e. The lowest BCUT2D eigenvalue weighted by atomic mass is 9.88. The summed E-state index contributed by atoms with van der Waals surface area (Å²) in [7, 11) is 0. The van der Waals surface area contributed by atoms with Crippen LogP contribution in [-0.4, -0.2) is 27.7 Å². The Morgan fingerprint density at radius 3 is 2.60 bits per heavy atom. The van der Waals surface area contributed by atoms with E-state index in [4.69, 9.17) is 0 Å². The van der Waals surface area contributed by atoms with Gasteiger partial charge < -0.3 is 9.47 Å². The molecule has 1 aliphatic carbocycles. The van der Waals surface area contributed by atoms with Crippen LogP contribution in [0.15, 0.2) is 12.3 Å². The summed E-state index contributed by atoms with van der Waals surface area (Å²) in [5.41, 5.74) is 1.84. The molecule has 4 heteroatoms. The SMILES string of the molecule is CC(=O)c1cc2n(c1)CCN(C(=O)C1CCCCC1)C2. The Hall–Kier alpha value is -1.58. The number of rotatable bonds is 2. The summed E-state index contributed by atoms with van der Waals surface area (Å²) < 4.78 is 2.11. The van der Waals surface area contributed by atoms with Gasteiger partial charge >= 0.3 is 0 Å². The fourth-order valence-corrected chi connectivity index (χ4v) is 3.39.